The number of nitrogen functional groups attached to an aromatic ring is 1. The van der Waals surface area contributed by atoms with Crippen molar-refractivity contribution in [1.82, 2.24) is 19.7 Å². The zero-order chi connectivity index (χ0) is 23.8. The van der Waals surface area contributed by atoms with Crippen molar-refractivity contribution in [3.05, 3.63) is 59.0 Å². The third-order valence-electron chi connectivity index (χ3n) is 5.97. The lowest BCUT2D eigenvalue weighted by Gasteiger charge is -2.22. The molecule has 0 atom stereocenters. The molecule has 9 nitrogen and oxygen atoms in total. The monoisotopic (exact) mass is 520 g/mol. The number of fused-ring (bicyclic) bond motifs is 3. The van der Waals surface area contributed by atoms with Gasteiger partial charge in [0, 0.05) is 61.8 Å². The molecule has 4 N–H and O–H groups in total. The summed E-state index contributed by atoms with van der Waals surface area (Å²) in [6.07, 6.45) is 4.53. The molecular formula is C24H25BrN8O. The van der Waals surface area contributed by atoms with E-state index in [1.54, 1.807) is 13.3 Å². The molecule has 0 bridgehead atoms. The Bertz CT molecular complexity index is 1370. The highest BCUT2D eigenvalue weighted by atomic mass is 79.9. The molecule has 0 saturated carbocycles. The van der Waals surface area contributed by atoms with Gasteiger partial charge in [-0.1, -0.05) is 12.1 Å². The van der Waals surface area contributed by atoms with Crippen LogP contribution in [-0.2, 0) is 13.5 Å². The smallest absolute Gasteiger partial charge is 0.229 e. The summed E-state index contributed by atoms with van der Waals surface area (Å²) in [5.74, 6) is 1.72. The second kappa shape index (κ2) is 8.86. The number of benzene rings is 2. The lowest BCUT2D eigenvalue weighted by atomic mass is 10.0. The van der Waals surface area contributed by atoms with Crippen molar-refractivity contribution in [1.29, 1.82) is 0 Å². The molecule has 4 aromatic rings. The highest BCUT2D eigenvalue weighted by Gasteiger charge is 2.23. The van der Waals surface area contributed by atoms with Crippen LogP contribution in [0.5, 0.6) is 5.75 Å². The van der Waals surface area contributed by atoms with Gasteiger partial charge in [0.1, 0.15) is 11.6 Å². The zero-order valence-electron chi connectivity index (χ0n) is 19.1. The van der Waals surface area contributed by atoms with Gasteiger partial charge in [-0.25, -0.2) is 4.98 Å². The van der Waals surface area contributed by atoms with Gasteiger partial charge in [-0.05, 0) is 34.1 Å². The summed E-state index contributed by atoms with van der Waals surface area (Å²) in [6, 6.07) is 11.7. The molecule has 5 rings (SSSR count). The summed E-state index contributed by atoms with van der Waals surface area (Å²) in [6.45, 7) is 0.892. The lowest BCUT2D eigenvalue weighted by Crippen LogP contribution is -2.20. The van der Waals surface area contributed by atoms with Crippen molar-refractivity contribution in [2.45, 2.75) is 6.42 Å². The SMILES string of the molecule is COc1cc2c(cc1Nc1ncc(Br)c(Nc3ccccc3N)n1)-c1cnn(C)c1CCN2C. The number of nitrogens with one attached hydrogen (secondary N) is 2. The van der Waals surface area contributed by atoms with E-state index in [1.165, 1.54) is 5.69 Å². The molecule has 3 heterocycles. The van der Waals surface area contributed by atoms with Gasteiger partial charge in [-0.3, -0.25) is 4.68 Å². The summed E-state index contributed by atoms with van der Waals surface area (Å²) in [4.78, 5) is 11.3. The molecule has 0 aliphatic carbocycles. The first-order valence-electron chi connectivity index (χ1n) is 10.8. The molecule has 2 aromatic carbocycles. The Hall–Kier alpha value is -3.79. The van der Waals surface area contributed by atoms with Crippen LogP contribution < -0.4 is 26.0 Å². The maximum atomic E-state index is 6.08. The van der Waals surface area contributed by atoms with Crippen LogP contribution in [0.4, 0.5) is 34.5 Å². The zero-order valence-corrected chi connectivity index (χ0v) is 20.7. The molecule has 0 radical (unpaired) electrons. The number of methoxy groups -OCH3 is 1. The van der Waals surface area contributed by atoms with Gasteiger partial charge in [0.2, 0.25) is 5.95 Å². The van der Waals surface area contributed by atoms with Crippen LogP contribution in [0.2, 0.25) is 0 Å². The van der Waals surface area contributed by atoms with Gasteiger partial charge in [-0.2, -0.15) is 10.1 Å². The number of aromatic nitrogens is 4. The minimum atomic E-state index is 0.423. The maximum Gasteiger partial charge on any atom is 0.229 e. The Kier molecular flexibility index (Phi) is 5.74. The van der Waals surface area contributed by atoms with Crippen LogP contribution in [0.25, 0.3) is 11.1 Å². The van der Waals surface area contributed by atoms with Crippen molar-refractivity contribution >= 4 is 50.4 Å². The summed E-state index contributed by atoms with van der Waals surface area (Å²) >= 11 is 3.52. The topological polar surface area (TPSA) is 106 Å². The molecule has 1 aliphatic rings. The largest absolute Gasteiger partial charge is 0.494 e. The van der Waals surface area contributed by atoms with Crippen LogP contribution in [-0.4, -0.2) is 40.5 Å². The molecule has 0 saturated heterocycles. The number of nitrogens with two attached hydrogens (primary N) is 1. The summed E-state index contributed by atoms with van der Waals surface area (Å²) in [7, 11) is 5.73. The van der Waals surface area contributed by atoms with E-state index in [-0.39, 0.29) is 0 Å². The molecule has 0 unspecified atom stereocenters. The van der Waals surface area contributed by atoms with Crippen molar-refractivity contribution in [2.24, 2.45) is 7.05 Å². The maximum absolute atomic E-state index is 6.08. The Balaban J connectivity index is 1.53. The average molecular weight is 521 g/mol. The van der Waals surface area contributed by atoms with E-state index in [2.05, 4.69) is 59.6 Å². The van der Waals surface area contributed by atoms with Gasteiger partial charge >= 0.3 is 0 Å². The third kappa shape index (κ3) is 4.01. The number of hydrogen-bond acceptors (Lipinski definition) is 8. The van der Waals surface area contributed by atoms with Gasteiger partial charge in [0.15, 0.2) is 0 Å². The Morgan fingerprint density at radius 1 is 1.06 bits per heavy atom. The van der Waals surface area contributed by atoms with Crippen molar-refractivity contribution < 1.29 is 4.74 Å². The number of nitrogens with zero attached hydrogens (tertiary/aromatic N) is 5. The predicted octanol–water partition coefficient (Wildman–Crippen LogP) is 4.71. The highest BCUT2D eigenvalue weighted by Crippen LogP contribution is 2.42. The number of aryl methyl sites for hydroxylation is 1. The molecule has 10 heteroatoms. The average Bonchev–Trinajstić information content (AvgIpc) is 3.14. The van der Waals surface area contributed by atoms with E-state index in [0.717, 1.165) is 45.6 Å². The molecular weight excluding hydrogens is 496 g/mol. The number of likely N-dealkylation sites (N-methyl/N-ethyl adjacent to an activating group) is 1. The predicted molar refractivity (Wildman–Crippen MR) is 139 cm³/mol. The molecule has 0 spiro atoms. The van der Waals surface area contributed by atoms with E-state index >= 15 is 0 Å². The standard InChI is InChI=1S/C24H25BrN8O/c1-32-9-8-20-15(12-28-33(20)2)14-10-19(22(34-3)11-21(14)32)30-24-27-13-16(25)23(31-24)29-18-7-5-4-6-17(18)26/h4-7,10-13H,8-9,26H2,1-3H3,(H2,27,29,30,31). The van der Waals surface area contributed by atoms with Crippen LogP contribution in [0, 0.1) is 0 Å². The van der Waals surface area contributed by atoms with Gasteiger partial charge in [-0.15, -0.1) is 0 Å². The van der Waals surface area contributed by atoms with Gasteiger partial charge in [0.25, 0.3) is 0 Å². The Morgan fingerprint density at radius 3 is 2.68 bits per heavy atom. The first-order chi connectivity index (χ1) is 16.4. The fourth-order valence-corrected chi connectivity index (χ4v) is 4.41. The second-order valence-electron chi connectivity index (χ2n) is 8.10. The number of rotatable bonds is 5. The van der Waals surface area contributed by atoms with E-state index < -0.39 is 0 Å². The number of ether oxygens (including phenoxy) is 1. The van der Waals surface area contributed by atoms with E-state index in [9.17, 15) is 0 Å². The van der Waals surface area contributed by atoms with E-state index in [4.69, 9.17) is 10.5 Å². The summed E-state index contributed by atoms with van der Waals surface area (Å²) in [5.41, 5.74) is 12.7. The van der Waals surface area contributed by atoms with Gasteiger partial charge < -0.3 is 26.0 Å². The normalized spacial score (nSPS) is 12.5. The van der Waals surface area contributed by atoms with Crippen LogP contribution in [0.15, 0.2) is 53.3 Å². The van der Waals surface area contributed by atoms with Crippen LogP contribution in [0.3, 0.4) is 0 Å². The summed E-state index contributed by atoms with van der Waals surface area (Å²) in [5, 5.41) is 11.1. The van der Waals surface area contributed by atoms with Crippen LogP contribution in [0.1, 0.15) is 5.69 Å². The Morgan fingerprint density at radius 2 is 1.88 bits per heavy atom. The van der Waals surface area contributed by atoms with E-state index in [1.807, 2.05) is 48.3 Å². The number of anilines is 6. The van der Waals surface area contributed by atoms with Crippen LogP contribution >= 0.6 is 15.9 Å². The van der Waals surface area contributed by atoms with Crippen molar-refractivity contribution in [3.8, 4) is 16.9 Å². The number of halogens is 1. The van der Waals surface area contributed by atoms with E-state index in [0.29, 0.717) is 23.2 Å². The molecule has 0 fully saturated rings. The minimum Gasteiger partial charge on any atom is -0.494 e. The number of hydrogen-bond donors (Lipinski definition) is 3. The first kappa shape index (κ1) is 22.0. The van der Waals surface area contributed by atoms with Crippen molar-refractivity contribution in [3.63, 3.8) is 0 Å². The molecule has 34 heavy (non-hydrogen) atoms. The first-order valence-corrected chi connectivity index (χ1v) is 11.6. The van der Waals surface area contributed by atoms with Gasteiger partial charge in [0.05, 0.1) is 34.8 Å². The minimum absolute atomic E-state index is 0.423. The molecule has 174 valence electrons. The fourth-order valence-electron chi connectivity index (χ4n) is 4.12. The Labute approximate surface area is 206 Å². The fraction of sp³-hybridized carbons (Fsp3) is 0.208. The molecule has 2 aromatic heterocycles. The molecule has 1 aliphatic heterocycles. The molecule has 0 amide bonds. The summed E-state index contributed by atoms with van der Waals surface area (Å²) < 4.78 is 8.39. The quantitative estimate of drug-likeness (QED) is 0.325. The highest BCUT2D eigenvalue weighted by molar-refractivity contribution is 9.10. The number of para-hydroxylation sites is 2. The van der Waals surface area contributed by atoms with Crippen molar-refractivity contribution in [2.75, 3.05) is 42.0 Å². The second-order valence-corrected chi connectivity index (χ2v) is 8.95. The third-order valence-corrected chi connectivity index (χ3v) is 6.55. The lowest BCUT2D eigenvalue weighted by molar-refractivity contribution is 0.417.